The predicted octanol–water partition coefficient (Wildman–Crippen LogP) is 3.98. The number of anilines is 1. The number of carbonyl (C=O) groups is 2. The van der Waals surface area contributed by atoms with Crippen LogP contribution in [0.25, 0.3) is 0 Å². The maximum absolute atomic E-state index is 14.7. The van der Waals surface area contributed by atoms with Gasteiger partial charge in [0.25, 0.3) is 0 Å². The molecule has 0 heterocycles. The van der Waals surface area contributed by atoms with E-state index in [2.05, 4.69) is 5.32 Å². The summed E-state index contributed by atoms with van der Waals surface area (Å²) in [6.45, 7) is 5.03. The average Bonchev–Trinajstić information content (AvgIpc) is 2.86. The fourth-order valence-corrected chi connectivity index (χ4v) is 5.24. The van der Waals surface area contributed by atoms with E-state index in [-0.39, 0.29) is 18.5 Å². The van der Waals surface area contributed by atoms with Crippen LogP contribution >= 0.6 is 0 Å². The van der Waals surface area contributed by atoms with Crippen molar-refractivity contribution >= 4 is 27.5 Å². The summed E-state index contributed by atoms with van der Waals surface area (Å²) in [7, 11) is -3.87. The Balaban J connectivity index is 2.07. The van der Waals surface area contributed by atoms with Gasteiger partial charge in [0.15, 0.2) is 0 Å². The fourth-order valence-electron chi connectivity index (χ4n) is 4.34. The zero-order valence-electron chi connectivity index (χ0n) is 22.1. The number of carbonyl (C=O) groups excluding carboxylic acids is 2. The van der Waals surface area contributed by atoms with E-state index >= 15 is 0 Å². The molecule has 0 spiro atoms. The zero-order valence-corrected chi connectivity index (χ0v) is 23.0. The normalized spacial score (nSPS) is 12.0. The lowest BCUT2D eigenvalue weighted by Gasteiger charge is -2.33. The molecule has 0 aromatic heterocycles. The Bertz CT molecular complexity index is 1380. The standard InChI is InChI=1S/C29H34FN3O4S/c1-5-31-29(35)27(18-23-11-7-6-8-12-23)32(19-24-13-9-10-14-25(24)30)28(34)20-33(38(4,36)37)26-16-15-21(2)17-22(26)3/h6-17,27H,5,18-20H2,1-4H3,(H,31,35)/t27-/m0/s1. The number of hydrogen-bond donors (Lipinski definition) is 1. The minimum atomic E-state index is -3.87. The van der Waals surface area contributed by atoms with Crippen LogP contribution in [0.15, 0.2) is 72.8 Å². The van der Waals surface area contributed by atoms with Crippen molar-refractivity contribution in [3.63, 3.8) is 0 Å². The summed E-state index contributed by atoms with van der Waals surface area (Å²) >= 11 is 0. The molecule has 0 saturated heterocycles. The Labute approximate surface area is 224 Å². The highest BCUT2D eigenvalue weighted by molar-refractivity contribution is 7.92. The highest BCUT2D eigenvalue weighted by atomic mass is 32.2. The Kier molecular flexibility index (Phi) is 9.63. The third kappa shape index (κ3) is 7.41. The minimum Gasteiger partial charge on any atom is -0.355 e. The first-order chi connectivity index (χ1) is 18.0. The number of hydrogen-bond acceptors (Lipinski definition) is 4. The monoisotopic (exact) mass is 539 g/mol. The molecule has 2 amide bonds. The Morgan fingerprint density at radius 3 is 2.24 bits per heavy atom. The van der Waals surface area contributed by atoms with Crippen molar-refractivity contribution < 1.29 is 22.4 Å². The molecule has 0 unspecified atom stereocenters. The molecule has 3 aromatic rings. The van der Waals surface area contributed by atoms with Gasteiger partial charge in [-0.3, -0.25) is 13.9 Å². The van der Waals surface area contributed by atoms with E-state index in [1.54, 1.807) is 44.2 Å². The van der Waals surface area contributed by atoms with Crippen LogP contribution in [-0.4, -0.2) is 50.5 Å². The summed E-state index contributed by atoms with van der Waals surface area (Å²) in [4.78, 5) is 28.5. The third-order valence-electron chi connectivity index (χ3n) is 6.22. The molecule has 0 bridgehead atoms. The molecule has 0 fully saturated rings. The van der Waals surface area contributed by atoms with Gasteiger partial charge >= 0.3 is 0 Å². The van der Waals surface area contributed by atoms with E-state index in [1.807, 2.05) is 43.3 Å². The van der Waals surface area contributed by atoms with Crippen LogP contribution in [0, 0.1) is 19.7 Å². The lowest BCUT2D eigenvalue weighted by molar-refractivity contribution is -0.140. The van der Waals surface area contributed by atoms with Crippen molar-refractivity contribution in [2.75, 3.05) is 23.7 Å². The highest BCUT2D eigenvalue weighted by Crippen LogP contribution is 2.25. The van der Waals surface area contributed by atoms with Gasteiger partial charge in [0, 0.05) is 25.1 Å². The van der Waals surface area contributed by atoms with Crippen molar-refractivity contribution in [3.8, 4) is 0 Å². The Morgan fingerprint density at radius 1 is 0.974 bits per heavy atom. The molecule has 202 valence electrons. The highest BCUT2D eigenvalue weighted by Gasteiger charge is 2.33. The van der Waals surface area contributed by atoms with Crippen molar-refractivity contribution in [2.45, 2.75) is 39.8 Å². The van der Waals surface area contributed by atoms with Gasteiger partial charge in [-0.15, -0.1) is 0 Å². The largest absolute Gasteiger partial charge is 0.355 e. The van der Waals surface area contributed by atoms with Crippen LogP contribution in [-0.2, 0) is 32.6 Å². The van der Waals surface area contributed by atoms with Crippen LogP contribution in [0.4, 0.5) is 10.1 Å². The van der Waals surface area contributed by atoms with Crippen LogP contribution in [0.3, 0.4) is 0 Å². The molecular formula is C29H34FN3O4S. The second-order valence-electron chi connectivity index (χ2n) is 9.27. The average molecular weight is 540 g/mol. The van der Waals surface area contributed by atoms with E-state index < -0.39 is 40.2 Å². The molecule has 9 heteroatoms. The van der Waals surface area contributed by atoms with Crippen molar-refractivity contribution in [2.24, 2.45) is 0 Å². The number of aryl methyl sites for hydroxylation is 2. The van der Waals surface area contributed by atoms with E-state index in [4.69, 9.17) is 0 Å². The first-order valence-corrected chi connectivity index (χ1v) is 14.3. The number of nitrogens with zero attached hydrogens (tertiary/aromatic N) is 2. The van der Waals surface area contributed by atoms with E-state index in [1.165, 1.54) is 11.0 Å². The van der Waals surface area contributed by atoms with Crippen LogP contribution < -0.4 is 9.62 Å². The Morgan fingerprint density at radius 2 is 1.63 bits per heavy atom. The van der Waals surface area contributed by atoms with Gasteiger partial charge < -0.3 is 10.2 Å². The van der Waals surface area contributed by atoms with Crippen LogP contribution in [0.2, 0.25) is 0 Å². The van der Waals surface area contributed by atoms with Gasteiger partial charge in [-0.05, 0) is 44.0 Å². The molecule has 0 aliphatic heterocycles. The second-order valence-corrected chi connectivity index (χ2v) is 11.2. The van der Waals surface area contributed by atoms with Gasteiger partial charge in [0.2, 0.25) is 21.8 Å². The van der Waals surface area contributed by atoms with Gasteiger partial charge in [-0.1, -0.05) is 66.2 Å². The van der Waals surface area contributed by atoms with Crippen molar-refractivity contribution in [1.82, 2.24) is 10.2 Å². The number of likely N-dealkylation sites (N-methyl/N-ethyl adjacent to an activating group) is 1. The third-order valence-corrected chi connectivity index (χ3v) is 7.35. The lowest BCUT2D eigenvalue weighted by Crippen LogP contribution is -2.53. The molecular weight excluding hydrogens is 505 g/mol. The number of benzene rings is 3. The number of halogens is 1. The summed E-state index contributed by atoms with van der Waals surface area (Å²) in [6, 6.07) is 19.5. The second kappa shape index (κ2) is 12.7. The van der Waals surface area contributed by atoms with Crippen LogP contribution in [0.1, 0.15) is 29.2 Å². The maximum atomic E-state index is 14.7. The molecule has 3 rings (SSSR count). The van der Waals surface area contributed by atoms with Crippen molar-refractivity contribution in [1.29, 1.82) is 0 Å². The summed E-state index contributed by atoms with van der Waals surface area (Å²) < 4.78 is 41.5. The molecule has 0 saturated carbocycles. The molecule has 0 aliphatic rings. The zero-order chi connectivity index (χ0) is 27.9. The first-order valence-electron chi connectivity index (χ1n) is 12.4. The molecule has 1 N–H and O–H groups in total. The number of sulfonamides is 1. The summed E-state index contributed by atoms with van der Waals surface area (Å²) in [5.41, 5.74) is 3.04. The summed E-state index contributed by atoms with van der Waals surface area (Å²) in [5.74, 6) is -1.54. The Hall–Kier alpha value is -3.72. The predicted molar refractivity (Wildman–Crippen MR) is 148 cm³/mol. The lowest BCUT2D eigenvalue weighted by atomic mass is 10.0. The van der Waals surface area contributed by atoms with E-state index in [9.17, 15) is 22.4 Å². The molecule has 1 atom stereocenters. The quantitative estimate of drug-likeness (QED) is 0.399. The summed E-state index contributed by atoms with van der Waals surface area (Å²) in [6.07, 6.45) is 1.21. The molecule has 38 heavy (non-hydrogen) atoms. The molecule has 0 radical (unpaired) electrons. The fraction of sp³-hybridized carbons (Fsp3) is 0.310. The SMILES string of the molecule is CCNC(=O)[C@H](Cc1ccccc1)N(Cc1ccccc1F)C(=O)CN(c1ccc(C)cc1C)S(C)(=O)=O. The maximum Gasteiger partial charge on any atom is 0.244 e. The molecule has 3 aromatic carbocycles. The van der Waals surface area contributed by atoms with Crippen molar-refractivity contribution in [3.05, 3.63) is 101 Å². The van der Waals surface area contributed by atoms with Gasteiger partial charge in [0.1, 0.15) is 18.4 Å². The van der Waals surface area contributed by atoms with Crippen LogP contribution in [0.5, 0.6) is 0 Å². The van der Waals surface area contributed by atoms with Gasteiger partial charge in [-0.25, -0.2) is 12.8 Å². The number of amides is 2. The van der Waals surface area contributed by atoms with Gasteiger partial charge in [-0.2, -0.15) is 0 Å². The topological polar surface area (TPSA) is 86.8 Å². The van der Waals surface area contributed by atoms with E-state index in [0.29, 0.717) is 17.8 Å². The van der Waals surface area contributed by atoms with Gasteiger partial charge in [0.05, 0.1) is 11.9 Å². The minimum absolute atomic E-state index is 0.176. The molecule has 0 aliphatic carbocycles. The molecule has 7 nitrogen and oxygen atoms in total. The smallest absolute Gasteiger partial charge is 0.244 e. The number of nitrogens with one attached hydrogen (secondary N) is 1. The number of rotatable bonds is 11. The summed E-state index contributed by atoms with van der Waals surface area (Å²) in [5, 5.41) is 2.77. The first kappa shape index (κ1) is 28.8. The van der Waals surface area contributed by atoms with E-state index in [0.717, 1.165) is 21.7 Å².